The first-order chi connectivity index (χ1) is 9.66. The molecule has 0 saturated heterocycles. The third-order valence-electron chi connectivity index (χ3n) is 2.81. The number of amides is 2. The highest BCUT2D eigenvalue weighted by Gasteiger charge is 2.14. The van der Waals surface area contributed by atoms with Crippen molar-refractivity contribution < 1.29 is 9.59 Å². The van der Waals surface area contributed by atoms with Crippen molar-refractivity contribution in [1.82, 2.24) is 4.90 Å². The lowest BCUT2D eigenvalue weighted by Crippen LogP contribution is -2.34. The minimum atomic E-state index is -0.219. The molecule has 0 saturated carbocycles. The standard InChI is InChI=1S/C16H16N2O2/c1-18(16(20)13-8-4-2-5-9-13)12-15(19)17-14-10-6-3-7-11-14/h2-11H,12H2,1H3,(H,17,19). The third kappa shape index (κ3) is 3.68. The van der Waals surface area contributed by atoms with E-state index in [1.807, 2.05) is 24.3 Å². The van der Waals surface area contributed by atoms with Crippen LogP contribution in [0.2, 0.25) is 0 Å². The van der Waals surface area contributed by atoms with Crippen molar-refractivity contribution >= 4 is 17.5 Å². The maximum Gasteiger partial charge on any atom is 0.254 e. The van der Waals surface area contributed by atoms with Gasteiger partial charge >= 0.3 is 0 Å². The Morgan fingerprint density at radius 2 is 1.50 bits per heavy atom. The zero-order valence-corrected chi connectivity index (χ0v) is 11.2. The summed E-state index contributed by atoms with van der Waals surface area (Å²) in [7, 11) is 1.61. The monoisotopic (exact) mass is 268 g/mol. The maximum absolute atomic E-state index is 12.1. The van der Waals surface area contributed by atoms with E-state index in [2.05, 4.69) is 5.32 Å². The van der Waals surface area contributed by atoms with Crippen LogP contribution in [0.5, 0.6) is 0 Å². The van der Waals surface area contributed by atoms with Crippen molar-refractivity contribution in [3.8, 4) is 0 Å². The maximum atomic E-state index is 12.1. The van der Waals surface area contributed by atoms with Crippen LogP contribution in [-0.2, 0) is 4.79 Å². The van der Waals surface area contributed by atoms with E-state index >= 15 is 0 Å². The van der Waals surface area contributed by atoms with E-state index in [1.54, 1.807) is 43.4 Å². The summed E-state index contributed by atoms with van der Waals surface area (Å²) in [5.74, 6) is -0.392. The fraction of sp³-hybridized carbons (Fsp3) is 0.125. The molecule has 1 N–H and O–H groups in total. The van der Waals surface area contributed by atoms with Crippen molar-refractivity contribution in [2.24, 2.45) is 0 Å². The summed E-state index contributed by atoms with van der Waals surface area (Å²) >= 11 is 0. The van der Waals surface area contributed by atoms with Gasteiger partial charge in [0.2, 0.25) is 5.91 Å². The molecule has 0 bridgehead atoms. The summed E-state index contributed by atoms with van der Waals surface area (Å²) in [6.45, 7) is 0.0165. The van der Waals surface area contributed by atoms with Gasteiger partial charge in [0.25, 0.3) is 5.91 Å². The van der Waals surface area contributed by atoms with Crippen molar-refractivity contribution in [2.75, 3.05) is 18.9 Å². The van der Waals surface area contributed by atoms with Crippen molar-refractivity contribution in [1.29, 1.82) is 0 Å². The second-order valence-corrected chi connectivity index (χ2v) is 4.44. The molecule has 0 aliphatic heterocycles. The minimum Gasteiger partial charge on any atom is -0.332 e. The molecule has 0 fully saturated rings. The number of anilines is 1. The number of carbonyl (C=O) groups is 2. The zero-order chi connectivity index (χ0) is 14.4. The molecule has 102 valence electrons. The molecule has 2 aromatic carbocycles. The fourth-order valence-electron chi connectivity index (χ4n) is 1.81. The van der Waals surface area contributed by atoms with Crippen LogP contribution in [-0.4, -0.2) is 30.3 Å². The molecule has 0 spiro atoms. The second kappa shape index (κ2) is 6.52. The van der Waals surface area contributed by atoms with Gasteiger partial charge in [-0.25, -0.2) is 0 Å². The Balaban J connectivity index is 1.93. The van der Waals surface area contributed by atoms with Crippen molar-refractivity contribution in [3.63, 3.8) is 0 Å². The number of nitrogens with one attached hydrogen (secondary N) is 1. The highest BCUT2D eigenvalue weighted by molar-refractivity contribution is 5.99. The van der Waals surface area contributed by atoms with Gasteiger partial charge in [-0.05, 0) is 24.3 Å². The quantitative estimate of drug-likeness (QED) is 0.925. The van der Waals surface area contributed by atoms with Gasteiger partial charge in [-0.3, -0.25) is 9.59 Å². The van der Waals surface area contributed by atoms with Crippen LogP contribution >= 0.6 is 0 Å². The summed E-state index contributed by atoms with van der Waals surface area (Å²) in [6, 6.07) is 18.1. The number of likely N-dealkylation sites (N-methyl/N-ethyl adjacent to an activating group) is 1. The van der Waals surface area contributed by atoms with Crippen LogP contribution in [0.1, 0.15) is 10.4 Å². The molecule has 0 aliphatic rings. The smallest absolute Gasteiger partial charge is 0.254 e. The molecule has 0 aromatic heterocycles. The lowest BCUT2D eigenvalue weighted by atomic mass is 10.2. The van der Waals surface area contributed by atoms with Gasteiger partial charge in [-0.2, -0.15) is 0 Å². The van der Waals surface area contributed by atoms with E-state index < -0.39 is 0 Å². The van der Waals surface area contributed by atoms with Crippen LogP contribution in [0, 0.1) is 0 Å². The molecule has 4 nitrogen and oxygen atoms in total. The van der Waals surface area contributed by atoms with Gasteiger partial charge < -0.3 is 10.2 Å². The second-order valence-electron chi connectivity index (χ2n) is 4.44. The molecule has 2 rings (SSSR count). The summed E-state index contributed by atoms with van der Waals surface area (Å²) < 4.78 is 0. The van der Waals surface area contributed by atoms with E-state index in [0.717, 1.165) is 5.69 Å². The Bertz CT molecular complexity index is 582. The average Bonchev–Trinajstić information content (AvgIpc) is 2.48. The molecule has 2 amide bonds. The minimum absolute atomic E-state index is 0.0165. The topological polar surface area (TPSA) is 49.4 Å². The van der Waals surface area contributed by atoms with Crippen LogP contribution < -0.4 is 5.32 Å². The van der Waals surface area contributed by atoms with E-state index in [0.29, 0.717) is 5.56 Å². The van der Waals surface area contributed by atoms with Gasteiger partial charge in [0, 0.05) is 18.3 Å². The van der Waals surface area contributed by atoms with Gasteiger partial charge in [0.15, 0.2) is 0 Å². The van der Waals surface area contributed by atoms with Crippen LogP contribution in [0.4, 0.5) is 5.69 Å². The highest BCUT2D eigenvalue weighted by Crippen LogP contribution is 2.06. The Kier molecular flexibility index (Phi) is 4.50. The van der Waals surface area contributed by atoms with Crippen LogP contribution in [0.25, 0.3) is 0 Å². The Labute approximate surface area is 118 Å². The number of nitrogens with zero attached hydrogens (tertiary/aromatic N) is 1. The zero-order valence-electron chi connectivity index (χ0n) is 11.2. The number of hydrogen-bond donors (Lipinski definition) is 1. The summed E-state index contributed by atoms with van der Waals surface area (Å²) in [4.78, 5) is 25.3. The average molecular weight is 268 g/mol. The van der Waals surface area contributed by atoms with Crippen molar-refractivity contribution in [2.45, 2.75) is 0 Å². The molecule has 0 atom stereocenters. The molecule has 0 heterocycles. The SMILES string of the molecule is CN(CC(=O)Nc1ccccc1)C(=O)c1ccccc1. The third-order valence-corrected chi connectivity index (χ3v) is 2.81. The molecule has 20 heavy (non-hydrogen) atoms. The Morgan fingerprint density at radius 1 is 0.950 bits per heavy atom. The van der Waals surface area contributed by atoms with Gasteiger partial charge in [0.05, 0.1) is 6.54 Å². The molecule has 0 unspecified atom stereocenters. The van der Waals surface area contributed by atoms with Gasteiger partial charge in [0.1, 0.15) is 0 Å². The number of benzene rings is 2. The number of carbonyl (C=O) groups excluding carboxylic acids is 2. The first-order valence-corrected chi connectivity index (χ1v) is 6.32. The normalized spacial score (nSPS) is 9.85. The number of hydrogen-bond acceptors (Lipinski definition) is 2. The molecule has 0 radical (unpaired) electrons. The number of para-hydroxylation sites is 1. The summed E-state index contributed by atoms with van der Waals surface area (Å²) in [5.41, 5.74) is 1.29. The largest absolute Gasteiger partial charge is 0.332 e. The van der Waals surface area contributed by atoms with E-state index in [-0.39, 0.29) is 18.4 Å². The summed E-state index contributed by atoms with van der Waals surface area (Å²) in [5, 5.41) is 2.75. The first-order valence-electron chi connectivity index (χ1n) is 6.32. The van der Waals surface area contributed by atoms with Crippen molar-refractivity contribution in [3.05, 3.63) is 66.2 Å². The predicted octanol–water partition coefficient (Wildman–Crippen LogP) is 2.40. The van der Waals surface area contributed by atoms with E-state index in [1.165, 1.54) is 4.90 Å². The van der Waals surface area contributed by atoms with E-state index in [9.17, 15) is 9.59 Å². The molecular weight excluding hydrogens is 252 g/mol. The van der Waals surface area contributed by atoms with Crippen LogP contribution in [0.3, 0.4) is 0 Å². The Hall–Kier alpha value is -2.62. The molecular formula is C16H16N2O2. The number of rotatable bonds is 4. The molecule has 0 aliphatic carbocycles. The lowest BCUT2D eigenvalue weighted by molar-refractivity contribution is -0.116. The Morgan fingerprint density at radius 3 is 2.10 bits per heavy atom. The van der Waals surface area contributed by atoms with Crippen LogP contribution in [0.15, 0.2) is 60.7 Å². The summed E-state index contributed by atoms with van der Waals surface area (Å²) in [6.07, 6.45) is 0. The lowest BCUT2D eigenvalue weighted by Gasteiger charge is -2.16. The molecule has 4 heteroatoms. The van der Waals surface area contributed by atoms with E-state index in [4.69, 9.17) is 0 Å². The predicted molar refractivity (Wildman–Crippen MR) is 78.5 cm³/mol. The van der Waals surface area contributed by atoms with Gasteiger partial charge in [-0.15, -0.1) is 0 Å². The molecule has 2 aromatic rings. The fourth-order valence-corrected chi connectivity index (χ4v) is 1.81. The van der Waals surface area contributed by atoms with Gasteiger partial charge in [-0.1, -0.05) is 36.4 Å². The first kappa shape index (κ1) is 13.8. The highest BCUT2D eigenvalue weighted by atomic mass is 16.2.